The van der Waals surface area contributed by atoms with Gasteiger partial charge in [0.25, 0.3) is 0 Å². The molecular weight excluding hydrogens is 360 g/mol. The van der Waals surface area contributed by atoms with Crippen LogP contribution in [0.1, 0.15) is 18.1 Å². The number of halogens is 1. The predicted octanol–water partition coefficient (Wildman–Crippen LogP) is 4.95. The third-order valence-electron chi connectivity index (χ3n) is 4.31. The number of nitrogens with one attached hydrogen (secondary N) is 2. The zero-order chi connectivity index (χ0) is 19.4. The molecular formula is C21H23ClN4O. The van der Waals surface area contributed by atoms with E-state index in [1.165, 1.54) is 0 Å². The number of aliphatic hydroxyl groups is 1. The van der Waals surface area contributed by atoms with Crippen molar-refractivity contribution >= 4 is 29.1 Å². The Hall–Kier alpha value is -2.63. The Morgan fingerprint density at radius 1 is 1.07 bits per heavy atom. The molecule has 140 valence electrons. The van der Waals surface area contributed by atoms with E-state index in [2.05, 4.69) is 20.6 Å². The summed E-state index contributed by atoms with van der Waals surface area (Å²) in [7, 11) is 0. The SMILES string of the molecule is Cc1ccc(Cl)c(C)c1Nc1cc(-c2ccccc2)nc(N[C@H](C)CO)n1. The highest BCUT2D eigenvalue weighted by Crippen LogP contribution is 2.30. The first-order valence-electron chi connectivity index (χ1n) is 8.82. The van der Waals surface area contributed by atoms with Gasteiger partial charge in [0.15, 0.2) is 0 Å². The maximum atomic E-state index is 9.34. The highest BCUT2D eigenvalue weighted by atomic mass is 35.5. The molecule has 0 aliphatic rings. The van der Waals surface area contributed by atoms with Crippen LogP contribution in [-0.2, 0) is 0 Å². The molecule has 1 aromatic heterocycles. The van der Waals surface area contributed by atoms with Gasteiger partial charge in [0.05, 0.1) is 12.3 Å². The van der Waals surface area contributed by atoms with Crippen molar-refractivity contribution in [2.24, 2.45) is 0 Å². The first kappa shape index (κ1) is 19.1. The number of benzene rings is 2. The molecule has 3 aromatic rings. The summed E-state index contributed by atoms with van der Waals surface area (Å²) in [6, 6.07) is 15.5. The fourth-order valence-corrected chi connectivity index (χ4v) is 2.90. The number of nitrogens with zero attached hydrogens (tertiary/aromatic N) is 2. The van der Waals surface area contributed by atoms with Crippen LogP contribution in [0.3, 0.4) is 0 Å². The summed E-state index contributed by atoms with van der Waals surface area (Å²) in [5.74, 6) is 1.11. The van der Waals surface area contributed by atoms with E-state index in [4.69, 9.17) is 11.6 Å². The molecule has 0 amide bonds. The third-order valence-corrected chi connectivity index (χ3v) is 4.71. The average Bonchev–Trinajstić information content (AvgIpc) is 2.68. The summed E-state index contributed by atoms with van der Waals surface area (Å²) >= 11 is 6.29. The predicted molar refractivity (Wildman–Crippen MR) is 112 cm³/mol. The zero-order valence-electron chi connectivity index (χ0n) is 15.6. The van der Waals surface area contributed by atoms with Crippen molar-refractivity contribution in [1.29, 1.82) is 0 Å². The first-order valence-corrected chi connectivity index (χ1v) is 9.20. The summed E-state index contributed by atoms with van der Waals surface area (Å²) in [4.78, 5) is 9.16. The lowest BCUT2D eigenvalue weighted by Gasteiger charge is -2.16. The summed E-state index contributed by atoms with van der Waals surface area (Å²) in [6.07, 6.45) is 0. The highest BCUT2D eigenvalue weighted by molar-refractivity contribution is 6.31. The van der Waals surface area contributed by atoms with Gasteiger partial charge in [0, 0.05) is 28.4 Å². The molecule has 1 heterocycles. The third kappa shape index (κ3) is 4.56. The topological polar surface area (TPSA) is 70.1 Å². The minimum absolute atomic E-state index is 0.00576. The minimum Gasteiger partial charge on any atom is -0.394 e. The van der Waals surface area contributed by atoms with Crippen molar-refractivity contribution in [1.82, 2.24) is 9.97 Å². The number of rotatable bonds is 6. The molecule has 3 rings (SSSR count). The van der Waals surface area contributed by atoms with Crippen molar-refractivity contribution in [3.63, 3.8) is 0 Å². The van der Waals surface area contributed by atoms with E-state index in [0.29, 0.717) is 16.8 Å². The van der Waals surface area contributed by atoms with Crippen LogP contribution in [0, 0.1) is 13.8 Å². The van der Waals surface area contributed by atoms with E-state index in [1.807, 2.05) is 69.3 Å². The maximum absolute atomic E-state index is 9.34. The van der Waals surface area contributed by atoms with Gasteiger partial charge in [-0.2, -0.15) is 4.98 Å². The molecule has 6 heteroatoms. The standard InChI is InChI=1S/C21H23ClN4O/c1-13-9-10-17(22)15(3)20(13)25-19-11-18(16-7-5-4-6-8-16)24-21(26-19)23-14(2)12-27/h4-11,14,27H,12H2,1-3H3,(H2,23,24,25,26)/t14-/m1/s1. The van der Waals surface area contributed by atoms with Crippen molar-refractivity contribution in [3.05, 3.63) is 64.7 Å². The van der Waals surface area contributed by atoms with Crippen LogP contribution >= 0.6 is 11.6 Å². The molecule has 1 atom stereocenters. The molecule has 0 fully saturated rings. The van der Waals surface area contributed by atoms with E-state index in [-0.39, 0.29) is 12.6 Å². The quantitative estimate of drug-likeness (QED) is 0.562. The second kappa shape index (κ2) is 8.37. The molecule has 27 heavy (non-hydrogen) atoms. The van der Waals surface area contributed by atoms with Crippen LogP contribution in [0.2, 0.25) is 5.02 Å². The highest BCUT2D eigenvalue weighted by Gasteiger charge is 2.12. The minimum atomic E-state index is -0.154. The van der Waals surface area contributed by atoms with Gasteiger partial charge in [-0.3, -0.25) is 0 Å². The van der Waals surface area contributed by atoms with Gasteiger partial charge >= 0.3 is 0 Å². The number of aromatic nitrogens is 2. The van der Waals surface area contributed by atoms with Crippen LogP contribution < -0.4 is 10.6 Å². The number of aliphatic hydroxyl groups excluding tert-OH is 1. The Morgan fingerprint density at radius 2 is 1.81 bits per heavy atom. The molecule has 2 aromatic carbocycles. The molecule has 0 bridgehead atoms. The molecule has 0 saturated carbocycles. The Kier molecular flexibility index (Phi) is 5.94. The van der Waals surface area contributed by atoms with E-state index < -0.39 is 0 Å². The van der Waals surface area contributed by atoms with Gasteiger partial charge in [-0.05, 0) is 38.0 Å². The number of anilines is 3. The Balaban J connectivity index is 2.04. The lowest BCUT2D eigenvalue weighted by Crippen LogP contribution is -2.21. The Bertz CT molecular complexity index is 931. The molecule has 0 unspecified atom stereocenters. The van der Waals surface area contributed by atoms with E-state index in [9.17, 15) is 5.11 Å². The maximum Gasteiger partial charge on any atom is 0.225 e. The first-order chi connectivity index (χ1) is 13.0. The van der Waals surface area contributed by atoms with Crippen LogP contribution in [0.15, 0.2) is 48.5 Å². The second-order valence-electron chi connectivity index (χ2n) is 6.55. The fourth-order valence-electron chi connectivity index (χ4n) is 2.74. The van der Waals surface area contributed by atoms with Crippen molar-refractivity contribution in [2.45, 2.75) is 26.8 Å². The fraction of sp³-hybridized carbons (Fsp3) is 0.238. The average molecular weight is 383 g/mol. The largest absolute Gasteiger partial charge is 0.394 e. The lowest BCUT2D eigenvalue weighted by molar-refractivity contribution is 0.281. The molecule has 0 aliphatic carbocycles. The number of hydrogen-bond donors (Lipinski definition) is 3. The molecule has 0 radical (unpaired) electrons. The molecule has 0 aliphatic heterocycles. The Labute approximate surface area is 164 Å². The van der Waals surface area contributed by atoms with Crippen LogP contribution in [-0.4, -0.2) is 27.7 Å². The second-order valence-corrected chi connectivity index (χ2v) is 6.95. The lowest BCUT2D eigenvalue weighted by atomic mass is 10.1. The van der Waals surface area contributed by atoms with Gasteiger partial charge < -0.3 is 15.7 Å². The van der Waals surface area contributed by atoms with Crippen molar-refractivity contribution in [2.75, 3.05) is 17.2 Å². The number of aryl methyl sites for hydroxylation is 1. The molecule has 0 saturated heterocycles. The van der Waals surface area contributed by atoms with Gasteiger partial charge in [-0.1, -0.05) is 48.0 Å². The van der Waals surface area contributed by atoms with Crippen LogP contribution in [0.4, 0.5) is 17.5 Å². The van der Waals surface area contributed by atoms with Gasteiger partial charge in [-0.25, -0.2) is 4.98 Å². The molecule has 5 nitrogen and oxygen atoms in total. The van der Waals surface area contributed by atoms with Gasteiger partial charge in [0.1, 0.15) is 5.82 Å². The normalized spacial score (nSPS) is 11.9. The summed E-state index contributed by atoms with van der Waals surface area (Å²) in [5, 5.41) is 16.6. The smallest absolute Gasteiger partial charge is 0.225 e. The van der Waals surface area contributed by atoms with Crippen molar-refractivity contribution < 1.29 is 5.11 Å². The van der Waals surface area contributed by atoms with Crippen molar-refractivity contribution in [3.8, 4) is 11.3 Å². The zero-order valence-corrected chi connectivity index (χ0v) is 16.4. The summed E-state index contributed by atoms with van der Waals surface area (Å²) < 4.78 is 0. The summed E-state index contributed by atoms with van der Waals surface area (Å²) in [5.41, 5.74) is 4.76. The van der Waals surface area contributed by atoms with Crippen LogP contribution in [0.25, 0.3) is 11.3 Å². The van der Waals surface area contributed by atoms with Gasteiger partial charge in [0.2, 0.25) is 5.95 Å². The van der Waals surface area contributed by atoms with Crippen LogP contribution in [0.5, 0.6) is 0 Å². The van der Waals surface area contributed by atoms with E-state index in [0.717, 1.165) is 28.1 Å². The van der Waals surface area contributed by atoms with Gasteiger partial charge in [-0.15, -0.1) is 0 Å². The van der Waals surface area contributed by atoms with E-state index >= 15 is 0 Å². The van der Waals surface area contributed by atoms with E-state index in [1.54, 1.807) is 0 Å². The molecule has 0 spiro atoms. The Morgan fingerprint density at radius 3 is 2.52 bits per heavy atom. The molecule has 3 N–H and O–H groups in total. The monoisotopic (exact) mass is 382 g/mol. The summed E-state index contributed by atoms with van der Waals surface area (Å²) in [6.45, 7) is 5.87. The number of hydrogen-bond acceptors (Lipinski definition) is 5.